The van der Waals surface area contributed by atoms with Gasteiger partial charge in [-0.25, -0.2) is 10.2 Å². The van der Waals surface area contributed by atoms with Crippen molar-refractivity contribution in [3.8, 4) is 11.5 Å². The Morgan fingerprint density at radius 1 is 1.03 bits per heavy atom. The number of hydrogen-bond donors (Lipinski definition) is 3. The lowest BCUT2D eigenvalue weighted by Gasteiger charge is -2.13. The Balaban J connectivity index is 1.59. The van der Waals surface area contributed by atoms with Gasteiger partial charge in [0.25, 0.3) is 5.91 Å². The summed E-state index contributed by atoms with van der Waals surface area (Å²) in [6.45, 7) is 1.73. The Labute approximate surface area is 205 Å². The standard InChI is InChI=1S/C24H23IN4O4/c1-16-8-6-7-11-20(16)28-24(31)29-26-14-17-12-19(25)23(21(13-17)32-2)33-15-22(30)27-18-9-4-3-5-10-18/h3-14H,15H2,1-2H3,(H,27,30)(H2,28,29,31). The van der Waals surface area contributed by atoms with Gasteiger partial charge in [-0.2, -0.15) is 5.10 Å². The molecule has 9 heteroatoms. The molecule has 3 aromatic rings. The Bertz CT molecular complexity index is 1150. The molecule has 0 spiro atoms. The maximum atomic E-state index is 12.2. The van der Waals surface area contributed by atoms with Crippen molar-refractivity contribution in [3.63, 3.8) is 0 Å². The molecule has 0 aliphatic carbocycles. The van der Waals surface area contributed by atoms with Crippen molar-refractivity contribution in [2.45, 2.75) is 6.92 Å². The zero-order chi connectivity index (χ0) is 23.6. The number of para-hydroxylation sites is 2. The van der Waals surface area contributed by atoms with Crippen molar-refractivity contribution in [3.05, 3.63) is 81.4 Å². The fourth-order valence-electron chi connectivity index (χ4n) is 2.84. The van der Waals surface area contributed by atoms with Crippen molar-refractivity contribution >= 4 is 52.1 Å². The van der Waals surface area contributed by atoms with Crippen LogP contribution in [0.2, 0.25) is 0 Å². The molecule has 0 unspecified atom stereocenters. The average molecular weight is 558 g/mol. The van der Waals surface area contributed by atoms with Crippen molar-refractivity contribution in [1.29, 1.82) is 0 Å². The molecular weight excluding hydrogens is 535 g/mol. The van der Waals surface area contributed by atoms with Gasteiger partial charge >= 0.3 is 6.03 Å². The minimum Gasteiger partial charge on any atom is -0.493 e. The van der Waals surface area contributed by atoms with Crippen LogP contribution in [0.4, 0.5) is 16.2 Å². The molecule has 0 saturated heterocycles. The summed E-state index contributed by atoms with van der Waals surface area (Å²) in [5, 5.41) is 9.49. The fraction of sp³-hybridized carbons (Fsp3) is 0.125. The van der Waals surface area contributed by atoms with E-state index in [1.807, 2.05) is 49.4 Å². The number of carbonyl (C=O) groups excluding carboxylic acids is 2. The third kappa shape index (κ3) is 7.21. The molecule has 0 saturated carbocycles. The second-order valence-electron chi connectivity index (χ2n) is 6.88. The Kier molecular flexibility index (Phi) is 8.64. The van der Waals surface area contributed by atoms with Crippen molar-refractivity contribution in [2.24, 2.45) is 5.10 Å². The molecule has 33 heavy (non-hydrogen) atoms. The minimum atomic E-state index is -0.452. The minimum absolute atomic E-state index is 0.171. The van der Waals surface area contributed by atoms with E-state index in [1.165, 1.54) is 13.3 Å². The molecule has 0 aliphatic rings. The number of methoxy groups -OCH3 is 1. The van der Waals surface area contributed by atoms with Gasteiger partial charge in [0.1, 0.15) is 0 Å². The molecule has 0 heterocycles. The molecule has 3 aromatic carbocycles. The number of ether oxygens (including phenoxy) is 2. The summed E-state index contributed by atoms with van der Waals surface area (Å²) in [4.78, 5) is 24.2. The number of nitrogens with zero attached hydrogens (tertiary/aromatic N) is 1. The number of nitrogens with one attached hydrogen (secondary N) is 3. The summed E-state index contributed by atoms with van der Waals surface area (Å²) in [5.74, 6) is 0.609. The van der Waals surface area contributed by atoms with Gasteiger partial charge in [-0.1, -0.05) is 36.4 Å². The number of hydrogen-bond acceptors (Lipinski definition) is 5. The highest BCUT2D eigenvalue weighted by Gasteiger charge is 2.13. The van der Waals surface area contributed by atoms with Crippen molar-refractivity contribution < 1.29 is 19.1 Å². The monoisotopic (exact) mass is 558 g/mol. The zero-order valence-corrected chi connectivity index (χ0v) is 20.3. The predicted molar refractivity (Wildman–Crippen MR) is 137 cm³/mol. The van der Waals surface area contributed by atoms with Gasteiger partial charge in [-0.3, -0.25) is 4.79 Å². The average Bonchev–Trinajstić information content (AvgIpc) is 2.80. The van der Waals surface area contributed by atoms with Gasteiger partial charge in [-0.05, 0) is 71.0 Å². The summed E-state index contributed by atoms with van der Waals surface area (Å²) in [6, 6.07) is 19.7. The summed E-state index contributed by atoms with van der Waals surface area (Å²) in [5.41, 5.74) is 5.47. The zero-order valence-electron chi connectivity index (χ0n) is 18.1. The number of carbonyl (C=O) groups is 2. The number of halogens is 1. The maximum absolute atomic E-state index is 12.2. The van der Waals surface area contributed by atoms with E-state index in [1.54, 1.807) is 24.3 Å². The first kappa shape index (κ1) is 24.1. The van der Waals surface area contributed by atoms with E-state index in [0.717, 1.165) is 9.13 Å². The van der Waals surface area contributed by atoms with Crippen LogP contribution in [-0.2, 0) is 4.79 Å². The number of aryl methyl sites for hydroxylation is 1. The van der Waals surface area contributed by atoms with Gasteiger partial charge in [0.05, 0.1) is 16.9 Å². The summed E-state index contributed by atoms with van der Waals surface area (Å²) >= 11 is 2.09. The topological polar surface area (TPSA) is 101 Å². The first-order valence-electron chi connectivity index (χ1n) is 9.97. The predicted octanol–water partition coefficient (Wildman–Crippen LogP) is 4.78. The van der Waals surface area contributed by atoms with Gasteiger partial charge in [0.2, 0.25) is 0 Å². The molecule has 0 aliphatic heterocycles. The number of benzene rings is 3. The van der Waals surface area contributed by atoms with Crippen LogP contribution >= 0.6 is 22.6 Å². The second-order valence-corrected chi connectivity index (χ2v) is 8.04. The quantitative estimate of drug-likeness (QED) is 0.211. The maximum Gasteiger partial charge on any atom is 0.339 e. The molecule has 170 valence electrons. The van der Waals surface area contributed by atoms with E-state index in [9.17, 15) is 9.59 Å². The third-order valence-electron chi connectivity index (χ3n) is 4.43. The molecule has 0 radical (unpaired) electrons. The van der Waals surface area contributed by atoms with Crippen LogP contribution in [0.1, 0.15) is 11.1 Å². The number of hydrazone groups is 1. The fourth-order valence-corrected chi connectivity index (χ4v) is 3.62. The molecule has 3 rings (SSSR count). The largest absolute Gasteiger partial charge is 0.493 e. The molecule has 0 atom stereocenters. The highest BCUT2D eigenvalue weighted by Crippen LogP contribution is 2.33. The number of amides is 3. The highest BCUT2D eigenvalue weighted by molar-refractivity contribution is 14.1. The smallest absolute Gasteiger partial charge is 0.339 e. The molecule has 3 N–H and O–H groups in total. The van der Waals surface area contributed by atoms with E-state index >= 15 is 0 Å². The highest BCUT2D eigenvalue weighted by atomic mass is 127. The van der Waals surface area contributed by atoms with E-state index in [-0.39, 0.29) is 12.5 Å². The van der Waals surface area contributed by atoms with E-state index in [2.05, 4.69) is 43.8 Å². The van der Waals surface area contributed by atoms with Crippen LogP contribution in [0, 0.1) is 10.5 Å². The Morgan fingerprint density at radius 3 is 2.48 bits per heavy atom. The van der Waals surface area contributed by atoms with Crippen LogP contribution in [0.15, 0.2) is 71.8 Å². The van der Waals surface area contributed by atoms with Crippen LogP contribution in [-0.4, -0.2) is 31.9 Å². The molecule has 8 nitrogen and oxygen atoms in total. The molecule has 0 bridgehead atoms. The van der Waals surface area contributed by atoms with Gasteiger partial charge in [-0.15, -0.1) is 0 Å². The van der Waals surface area contributed by atoms with Crippen LogP contribution in [0.3, 0.4) is 0 Å². The van der Waals surface area contributed by atoms with E-state index in [0.29, 0.717) is 28.4 Å². The second kappa shape index (κ2) is 11.9. The van der Waals surface area contributed by atoms with Crippen molar-refractivity contribution in [2.75, 3.05) is 24.4 Å². The van der Waals surface area contributed by atoms with Gasteiger partial charge < -0.3 is 20.1 Å². The number of anilines is 2. The lowest BCUT2D eigenvalue weighted by molar-refractivity contribution is -0.118. The number of rotatable bonds is 8. The third-order valence-corrected chi connectivity index (χ3v) is 5.23. The molecule has 3 amide bonds. The Hall–Kier alpha value is -3.60. The van der Waals surface area contributed by atoms with Crippen LogP contribution in [0.5, 0.6) is 11.5 Å². The van der Waals surface area contributed by atoms with E-state index in [4.69, 9.17) is 9.47 Å². The van der Waals surface area contributed by atoms with Crippen LogP contribution < -0.4 is 25.5 Å². The normalized spacial score (nSPS) is 10.5. The lowest BCUT2D eigenvalue weighted by atomic mass is 10.2. The van der Waals surface area contributed by atoms with Crippen molar-refractivity contribution in [1.82, 2.24) is 5.43 Å². The van der Waals surface area contributed by atoms with Gasteiger partial charge in [0.15, 0.2) is 18.1 Å². The summed E-state index contributed by atoms with van der Waals surface area (Å²) < 4.78 is 11.8. The SMILES string of the molecule is COc1cc(C=NNC(=O)Nc2ccccc2C)cc(I)c1OCC(=O)Nc1ccccc1. The first-order chi connectivity index (χ1) is 16.0. The summed E-state index contributed by atoms with van der Waals surface area (Å²) in [7, 11) is 1.51. The molecule has 0 fully saturated rings. The molecular formula is C24H23IN4O4. The first-order valence-corrected chi connectivity index (χ1v) is 11.0. The Morgan fingerprint density at radius 2 is 1.76 bits per heavy atom. The lowest BCUT2D eigenvalue weighted by Crippen LogP contribution is -2.24. The summed E-state index contributed by atoms with van der Waals surface area (Å²) in [6.07, 6.45) is 1.49. The van der Waals surface area contributed by atoms with Crippen LogP contribution in [0.25, 0.3) is 0 Å². The molecule has 0 aromatic heterocycles. The van der Waals surface area contributed by atoms with Gasteiger partial charge in [0, 0.05) is 11.4 Å². The number of urea groups is 1. The van der Waals surface area contributed by atoms with E-state index < -0.39 is 6.03 Å².